The lowest BCUT2D eigenvalue weighted by Crippen LogP contribution is -2.41. The van der Waals surface area contributed by atoms with Crippen LogP contribution in [0.4, 0.5) is 0 Å². The maximum absolute atomic E-state index is 12.6. The van der Waals surface area contributed by atoms with Gasteiger partial charge in [-0.3, -0.25) is 9.78 Å². The Morgan fingerprint density at radius 3 is 2.31 bits per heavy atom. The van der Waals surface area contributed by atoms with Crippen molar-refractivity contribution in [2.75, 3.05) is 34.4 Å². The van der Waals surface area contributed by atoms with Gasteiger partial charge in [0.2, 0.25) is 17.5 Å². The van der Waals surface area contributed by atoms with E-state index < -0.39 is 0 Å². The van der Waals surface area contributed by atoms with Crippen LogP contribution in [0.2, 0.25) is 0 Å². The number of carbonyl (C=O) groups is 1. The molecule has 1 amide bonds. The van der Waals surface area contributed by atoms with Crippen molar-refractivity contribution in [1.82, 2.24) is 14.9 Å². The highest BCUT2D eigenvalue weighted by Gasteiger charge is 2.23. The molecule has 0 bridgehead atoms. The minimum atomic E-state index is -0.0447. The largest absolute Gasteiger partial charge is 0.493 e. The van der Waals surface area contributed by atoms with Crippen molar-refractivity contribution in [3.05, 3.63) is 42.4 Å². The van der Waals surface area contributed by atoms with Gasteiger partial charge in [0, 0.05) is 44.4 Å². The van der Waals surface area contributed by atoms with E-state index in [0.29, 0.717) is 36.2 Å². The Balaban J connectivity index is 1.59. The molecule has 1 aromatic heterocycles. The number of aromatic nitrogens is 2. The number of ether oxygens (including phenoxy) is 4. The number of likely N-dealkylation sites (tertiary alicyclic amines) is 1. The van der Waals surface area contributed by atoms with Crippen LogP contribution in [0.3, 0.4) is 0 Å². The molecule has 0 radical (unpaired) electrons. The Labute approximate surface area is 170 Å². The highest BCUT2D eigenvalue weighted by Crippen LogP contribution is 2.38. The zero-order valence-electron chi connectivity index (χ0n) is 16.8. The molecule has 29 heavy (non-hydrogen) atoms. The number of methoxy groups -OCH3 is 3. The molecular weight excluding hydrogens is 374 g/mol. The van der Waals surface area contributed by atoms with Crippen LogP contribution in [0.15, 0.2) is 36.8 Å². The van der Waals surface area contributed by atoms with E-state index in [-0.39, 0.29) is 12.0 Å². The summed E-state index contributed by atoms with van der Waals surface area (Å²) in [5.41, 5.74) is 0.786. The van der Waals surface area contributed by atoms with Gasteiger partial charge in [-0.1, -0.05) is 0 Å². The zero-order valence-corrected chi connectivity index (χ0v) is 16.8. The molecule has 1 aromatic carbocycles. The Kier molecular flexibility index (Phi) is 6.89. The van der Waals surface area contributed by atoms with E-state index in [4.69, 9.17) is 18.9 Å². The lowest BCUT2D eigenvalue weighted by Gasteiger charge is -2.31. The van der Waals surface area contributed by atoms with Crippen molar-refractivity contribution >= 4 is 12.0 Å². The molecule has 0 N–H and O–H groups in total. The Bertz CT molecular complexity index is 824. The van der Waals surface area contributed by atoms with Crippen LogP contribution < -0.4 is 18.9 Å². The summed E-state index contributed by atoms with van der Waals surface area (Å²) < 4.78 is 21.8. The van der Waals surface area contributed by atoms with Crippen molar-refractivity contribution in [2.45, 2.75) is 18.9 Å². The van der Waals surface area contributed by atoms with E-state index in [1.54, 1.807) is 64.2 Å². The quantitative estimate of drug-likeness (QED) is 0.662. The van der Waals surface area contributed by atoms with Gasteiger partial charge in [0.25, 0.3) is 0 Å². The van der Waals surface area contributed by atoms with E-state index in [1.807, 2.05) is 4.90 Å². The van der Waals surface area contributed by atoms with E-state index in [9.17, 15) is 4.79 Å². The molecule has 8 heteroatoms. The van der Waals surface area contributed by atoms with Crippen molar-refractivity contribution < 1.29 is 23.7 Å². The van der Waals surface area contributed by atoms with Gasteiger partial charge in [-0.25, -0.2) is 4.98 Å². The highest BCUT2D eigenvalue weighted by molar-refractivity contribution is 5.92. The van der Waals surface area contributed by atoms with Gasteiger partial charge in [0.15, 0.2) is 11.5 Å². The van der Waals surface area contributed by atoms with Gasteiger partial charge in [-0.05, 0) is 23.8 Å². The monoisotopic (exact) mass is 399 g/mol. The average Bonchev–Trinajstić information content (AvgIpc) is 2.77. The van der Waals surface area contributed by atoms with E-state index in [0.717, 1.165) is 18.4 Å². The number of hydrogen-bond donors (Lipinski definition) is 0. The molecule has 154 valence electrons. The summed E-state index contributed by atoms with van der Waals surface area (Å²) >= 11 is 0. The SMILES string of the molecule is COc1cc(/C=C/C(=O)N2CCC(Oc3cnccn3)CC2)cc(OC)c1OC. The van der Waals surface area contributed by atoms with E-state index >= 15 is 0 Å². The third-order valence-corrected chi connectivity index (χ3v) is 4.69. The smallest absolute Gasteiger partial charge is 0.246 e. The second kappa shape index (κ2) is 9.77. The summed E-state index contributed by atoms with van der Waals surface area (Å²) in [6.45, 7) is 1.26. The first-order valence-corrected chi connectivity index (χ1v) is 9.34. The van der Waals surface area contributed by atoms with Crippen LogP contribution in [0.1, 0.15) is 18.4 Å². The van der Waals surface area contributed by atoms with Gasteiger partial charge in [0.1, 0.15) is 6.10 Å². The van der Waals surface area contributed by atoms with Gasteiger partial charge < -0.3 is 23.8 Å². The molecule has 0 atom stereocenters. The van der Waals surface area contributed by atoms with Gasteiger partial charge in [-0.2, -0.15) is 0 Å². The van der Waals surface area contributed by atoms with Gasteiger partial charge in [0.05, 0.1) is 27.5 Å². The maximum Gasteiger partial charge on any atom is 0.246 e. The number of rotatable bonds is 7. The van der Waals surface area contributed by atoms with Crippen LogP contribution in [0, 0.1) is 0 Å². The fourth-order valence-corrected chi connectivity index (χ4v) is 3.18. The summed E-state index contributed by atoms with van der Waals surface area (Å²) in [7, 11) is 4.67. The average molecular weight is 399 g/mol. The molecule has 8 nitrogen and oxygen atoms in total. The summed E-state index contributed by atoms with van der Waals surface area (Å²) in [5.74, 6) is 2.07. The van der Waals surface area contributed by atoms with E-state index in [2.05, 4.69) is 9.97 Å². The van der Waals surface area contributed by atoms with Gasteiger partial charge >= 0.3 is 0 Å². The number of hydrogen-bond acceptors (Lipinski definition) is 7. The fourth-order valence-electron chi connectivity index (χ4n) is 3.18. The van der Waals surface area contributed by atoms with Crippen molar-refractivity contribution in [3.63, 3.8) is 0 Å². The number of amides is 1. The van der Waals surface area contributed by atoms with Crippen LogP contribution >= 0.6 is 0 Å². The molecule has 0 aliphatic carbocycles. The fraction of sp³-hybridized carbons (Fsp3) is 0.381. The molecule has 3 rings (SSSR count). The van der Waals surface area contributed by atoms with Crippen molar-refractivity contribution in [2.24, 2.45) is 0 Å². The number of nitrogens with zero attached hydrogens (tertiary/aromatic N) is 3. The molecular formula is C21H25N3O5. The molecule has 0 saturated carbocycles. The maximum atomic E-state index is 12.6. The normalized spacial score (nSPS) is 14.7. The highest BCUT2D eigenvalue weighted by atomic mass is 16.5. The summed E-state index contributed by atoms with van der Waals surface area (Å²) in [6.07, 6.45) is 9.64. The van der Waals surface area contributed by atoms with Crippen LogP contribution in [-0.4, -0.2) is 61.3 Å². The van der Waals surface area contributed by atoms with Gasteiger partial charge in [-0.15, -0.1) is 0 Å². The second-order valence-corrected chi connectivity index (χ2v) is 6.48. The third kappa shape index (κ3) is 5.16. The summed E-state index contributed by atoms with van der Waals surface area (Å²) in [5, 5.41) is 0. The lowest BCUT2D eigenvalue weighted by atomic mass is 10.1. The predicted molar refractivity (Wildman–Crippen MR) is 107 cm³/mol. The molecule has 0 unspecified atom stereocenters. The first-order valence-electron chi connectivity index (χ1n) is 9.34. The predicted octanol–water partition coefficient (Wildman–Crippen LogP) is 2.59. The first-order chi connectivity index (χ1) is 14.1. The number of benzene rings is 1. The first kappa shape index (κ1) is 20.4. The minimum Gasteiger partial charge on any atom is -0.493 e. The zero-order chi connectivity index (χ0) is 20.6. The molecule has 1 aliphatic rings. The third-order valence-electron chi connectivity index (χ3n) is 4.69. The molecule has 1 saturated heterocycles. The van der Waals surface area contributed by atoms with Crippen LogP contribution in [0.25, 0.3) is 6.08 Å². The minimum absolute atomic E-state index is 0.0369. The lowest BCUT2D eigenvalue weighted by molar-refractivity contribution is -0.127. The van der Waals surface area contributed by atoms with Crippen LogP contribution in [-0.2, 0) is 4.79 Å². The van der Waals surface area contributed by atoms with Crippen LogP contribution in [0.5, 0.6) is 23.1 Å². The molecule has 2 aromatic rings. The Hall–Kier alpha value is -3.29. The summed E-state index contributed by atoms with van der Waals surface area (Å²) in [4.78, 5) is 22.5. The molecule has 0 spiro atoms. The Morgan fingerprint density at radius 2 is 1.76 bits per heavy atom. The number of carbonyl (C=O) groups excluding carboxylic acids is 1. The van der Waals surface area contributed by atoms with E-state index in [1.165, 1.54) is 0 Å². The summed E-state index contributed by atoms with van der Waals surface area (Å²) in [6, 6.07) is 3.60. The van der Waals surface area contributed by atoms with Crippen molar-refractivity contribution in [3.8, 4) is 23.1 Å². The van der Waals surface area contributed by atoms with Crippen molar-refractivity contribution in [1.29, 1.82) is 0 Å². The number of piperidine rings is 1. The second-order valence-electron chi connectivity index (χ2n) is 6.48. The Morgan fingerprint density at radius 1 is 1.07 bits per heavy atom. The molecule has 1 aliphatic heterocycles. The standard InChI is InChI=1S/C21H25N3O5/c1-26-17-12-15(13-18(27-2)21(17)28-3)4-5-20(25)24-10-6-16(7-11-24)29-19-14-22-8-9-23-19/h4-5,8-9,12-14,16H,6-7,10-11H2,1-3H3/b5-4+. The molecule has 1 fully saturated rings. The molecule has 2 heterocycles. The topological polar surface area (TPSA) is 83.0 Å².